The summed E-state index contributed by atoms with van der Waals surface area (Å²) in [5, 5.41) is 0. The van der Waals surface area contributed by atoms with Crippen LogP contribution in [0.4, 0.5) is 0 Å². The van der Waals surface area contributed by atoms with Crippen molar-refractivity contribution in [3.8, 4) is 0 Å². The van der Waals surface area contributed by atoms with E-state index in [-0.39, 0.29) is 0 Å². The molecule has 1 aliphatic heterocycles. The van der Waals surface area contributed by atoms with Crippen LogP contribution in [0, 0.1) is 11.3 Å². The van der Waals surface area contributed by atoms with Crippen LogP contribution in [0.2, 0.25) is 0 Å². The van der Waals surface area contributed by atoms with E-state index in [9.17, 15) is 4.79 Å². The van der Waals surface area contributed by atoms with E-state index < -0.39 is 0 Å². The lowest BCUT2D eigenvalue weighted by molar-refractivity contribution is -0.109. The Bertz CT molecular complexity index is 138. The summed E-state index contributed by atoms with van der Waals surface area (Å²) < 4.78 is 5.06. The van der Waals surface area contributed by atoms with Gasteiger partial charge in [-0.05, 0) is 12.3 Å². The lowest BCUT2D eigenvalue weighted by Crippen LogP contribution is -2.31. The van der Waals surface area contributed by atoms with Gasteiger partial charge < -0.3 is 9.53 Å². The van der Waals surface area contributed by atoms with Crippen molar-refractivity contribution in [2.24, 2.45) is 11.3 Å². The van der Waals surface area contributed by atoms with Crippen molar-refractivity contribution in [1.82, 2.24) is 0 Å². The van der Waals surface area contributed by atoms with Gasteiger partial charge in [0.15, 0.2) is 0 Å². The summed E-state index contributed by atoms with van der Waals surface area (Å²) in [6, 6.07) is 0. The Balaban J connectivity index is 1.86. The molecule has 0 amide bonds. The molecule has 2 aliphatic rings. The van der Waals surface area contributed by atoms with E-state index in [2.05, 4.69) is 0 Å². The Morgan fingerprint density at radius 1 is 1.67 bits per heavy atom. The maximum atomic E-state index is 10.0. The van der Waals surface area contributed by atoms with E-state index in [1.807, 2.05) is 0 Å². The predicted molar refractivity (Wildman–Crippen MR) is 32.0 cm³/mol. The third-order valence-corrected chi connectivity index (χ3v) is 2.52. The average molecular weight is 126 g/mol. The lowest BCUT2D eigenvalue weighted by Gasteiger charge is -2.26. The molecule has 1 aliphatic carbocycles. The van der Waals surface area contributed by atoms with E-state index >= 15 is 0 Å². The highest BCUT2D eigenvalue weighted by molar-refractivity contribution is 5.51. The summed E-state index contributed by atoms with van der Waals surface area (Å²) in [5.74, 6) is 0.670. The van der Waals surface area contributed by atoms with E-state index in [4.69, 9.17) is 4.74 Å². The van der Waals surface area contributed by atoms with E-state index in [0.29, 0.717) is 11.3 Å². The minimum atomic E-state index is 0.487. The van der Waals surface area contributed by atoms with Crippen LogP contribution in [0.15, 0.2) is 0 Å². The Kier molecular flexibility index (Phi) is 0.943. The second-order valence-electron chi connectivity index (χ2n) is 3.16. The van der Waals surface area contributed by atoms with Gasteiger partial charge in [0.25, 0.3) is 0 Å². The molecule has 2 rings (SSSR count). The van der Waals surface area contributed by atoms with Gasteiger partial charge in [-0.1, -0.05) is 0 Å². The number of carbonyl (C=O) groups excluding carboxylic acids is 1. The largest absolute Gasteiger partial charge is 0.380 e. The molecule has 1 spiro atoms. The van der Waals surface area contributed by atoms with Gasteiger partial charge in [0.2, 0.25) is 0 Å². The van der Waals surface area contributed by atoms with E-state index in [1.54, 1.807) is 0 Å². The number of aldehydes is 1. The molecule has 1 saturated heterocycles. The zero-order valence-corrected chi connectivity index (χ0v) is 5.30. The first-order chi connectivity index (χ1) is 4.37. The highest BCUT2D eigenvalue weighted by atomic mass is 16.5. The summed E-state index contributed by atoms with van der Waals surface area (Å²) in [5.41, 5.74) is 0.487. The van der Waals surface area contributed by atoms with Gasteiger partial charge in [-0.25, -0.2) is 0 Å². The number of ether oxygens (including phenoxy) is 1. The molecular weight excluding hydrogens is 116 g/mol. The fourth-order valence-corrected chi connectivity index (χ4v) is 1.60. The summed E-state index contributed by atoms with van der Waals surface area (Å²) in [6.07, 6.45) is 3.01. The number of hydrogen-bond acceptors (Lipinski definition) is 2. The maximum absolute atomic E-state index is 10.0. The molecule has 0 aromatic heterocycles. The first-order valence-electron chi connectivity index (χ1n) is 3.39. The molecule has 9 heavy (non-hydrogen) atoms. The SMILES string of the molecule is O=CCC1CC12COC2. The molecule has 2 heteroatoms. The van der Waals surface area contributed by atoms with Gasteiger partial charge in [-0.15, -0.1) is 0 Å². The van der Waals surface area contributed by atoms with Crippen LogP contribution < -0.4 is 0 Å². The van der Waals surface area contributed by atoms with Gasteiger partial charge in [0, 0.05) is 11.8 Å². The van der Waals surface area contributed by atoms with Gasteiger partial charge in [-0.3, -0.25) is 0 Å². The summed E-state index contributed by atoms with van der Waals surface area (Å²) in [4.78, 5) is 10.0. The first-order valence-corrected chi connectivity index (χ1v) is 3.39. The van der Waals surface area contributed by atoms with Crippen molar-refractivity contribution in [2.75, 3.05) is 13.2 Å². The Morgan fingerprint density at radius 3 is 2.78 bits per heavy atom. The van der Waals surface area contributed by atoms with E-state index in [0.717, 1.165) is 25.9 Å². The van der Waals surface area contributed by atoms with Crippen molar-refractivity contribution < 1.29 is 9.53 Å². The molecular formula is C7H10O2. The van der Waals surface area contributed by atoms with Gasteiger partial charge in [-0.2, -0.15) is 0 Å². The summed E-state index contributed by atoms with van der Waals surface area (Å²) >= 11 is 0. The van der Waals surface area contributed by atoms with Crippen LogP contribution in [-0.2, 0) is 9.53 Å². The second kappa shape index (κ2) is 1.57. The van der Waals surface area contributed by atoms with Crippen LogP contribution in [0.3, 0.4) is 0 Å². The molecule has 0 aromatic carbocycles. The highest BCUT2D eigenvalue weighted by Gasteiger charge is 2.58. The van der Waals surface area contributed by atoms with Gasteiger partial charge in [0.05, 0.1) is 13.2 Å². The minimum Gasteiger partial charge on any atom is -0.380 e. The van der Waals surface area contributed by atoms with Crippen molar-refractivity contribution in [2.45, 2.75) is 12.8 Å². The quantitative estimate of drug-likeness (QED) is 0.507. The van der Waals surface area contributed by atoms with Crippen molar-refractivity contribution in [1.29, 1.82) is 0 Å². The molecule has 1 unspecified atom stereocenters. The Labute approximate surface area is 54.2 Å². The molecule has 0 aromatic rings. The molecule has 0 N–H and O–H groups in total. The van der Waals surface area contributed by atoms with Crippen LogP contribution in [0.25, 0.3) is 0 Å². The smallest absolute Gasteiger partial charge is 0.120 e. The monoisotopic (exact) mass is 126 g/mol. The Morgan fingerprint density at radius 2 is 2.44 bits per heavy atom. The van der Waals surface area contributed by atoms with Crippen LogP contribution >= 0.6 is 0 Å². The molecule has 0 bridgehead atoms. The Hall–Kier alpha value is -0.370. The molecule has 50 valence electrons. The molecule has 1 saturated carbocycles. The second-order valence-corrected chi connectivity index (χ2v) is 3.16. The molecule has 2 nitrogen and oxygen atoms in total. The van der Waals surface area contributed by atoms with Crippen LogP contribution in [0.1, 0.15) is 12.8 Å². The predicted octanol–water partition coefficient (Wildman–Crippen LogP) is 0.612. The van der Waals surface area contributed by atoms with Crippen molar-refractivity contribution >= 4 is 6.29 Å². The van der Waals surface area contributed by atoms with Crippen LogP contribution in [0.5, 0.6) is 0 Å². The van der Waals surface area contributed by atoms with Gasteiger partial charge in [0.1, 0.15) is 6.29 Å². The zero-order valence-electron chi connectivity index (χ0n) is 5.30. The maximum Gasteiger partial charge on any atom is 0.120 e. The summed E-state index contributed by atoms with van der Waals surface area (Å²) in [6.45, 7) is 1.82. The van der Waals surface area contributed by atoms with Gasteiger partial charge >= 0.3 is 0 Å². The highest BCUT2D eigenvalue weighted by Crippen LogP contribution is 2.58. The summed E-state index contributed by atoms with van der Waals surface area (Å²) in [7, 11) is 0. The number of carbonyl (C=O) groups is 1. The lowest BCUT2D eigenvalue weighted by atomic mass is 10.0. The zero-order chi connectivity index (χ0) is 6.32. The van der Waals surface area contributed by atoms with Crippen molar-refractivity contribution in [3.63, 3.8) is 0 Å². The minimum absolute atomic E-state index is 0.487. The third-order valence-electron chi connectivity index (χ3n) is 2.52. The first kappa shape index (κ1) is 5.42. The normalized spacial score (nSPS) is 35.8. The molecule has 2 fully saturated rings. The molecule has 0 radical (unpaired) electrons. The van der Waals surface area contributed by atoms with E-state index in [1.165, 1.54) is 6.42 Å². The topological polar surface area (TPSA) is 26.3 Å². The molecule has 1 heterocycles. The standard InChI is InChI=1S/C7H10O2/c8-2-1-6-3-7(6)4-9-5-7/h2,6H,1,3-5H2. The fourth-order valence-electron chi connectivity index (χ4n) is 1.60. The fraction of sp³-hybridized carbons (Fsp3) is 0.857. The number of rotatable bonds is 2. The van der Waals surface area contributed by atoms with Crippen molar-refractivity contribution in [3.05, 3.63) is 0 Å². The van der Waals surface area contributed by atoms with Crippen LogP contribution in [-0.4, -0.2) is 19.5 Å². The third kappa shape index (κ3) is 0.628. The number of hydrogen-bond donors (Lipinski definition) is 0. The molecule has 1 atom stereocenters. The average Bonchev–Trinajstić information content (AvgIpc) is 2.41.